The van der Waals surface area contributed by atoms with E-state index in [0.29, 0.717) is 19.4 Å². The van der Waals surface area contributed by atoms with Gasteiger partial charge in [-0.3, -0.25) is 14.4 Å². The number of carboxylic acid groups (broad SMARTS) is 1. The molecule has 4 atom stereocenters. The second kappa shape index (κ2) is 15.2. The summed E-state index contributed by atoms with van der Waals surface area (Å²) in [5.41, 5.74) is 13.3. The number of rotatable bonds is 16. The molecule has 4 unspecified atom stereocenters. The molecule has 3 amide bonds. The lowest BCUT2D eigenvalue weighted by Crippen LogP contribution is -2.58. The smallest absolute Gasteiger partial charge is 0.326 e. The number of carbonyl (C=O) groups is 4. The highest BCUT2D eigenvalue weighted by atomic mass is 16.4. The predicted octanol–water partition coefficient (Wildman–Crippen LogP) is 1.41. The Hall–Kier alpha value is -3.44. The highest BCUT2D eigenvalue weighted by Crippen LogP contribution is 2.19. The lowest BCUT2D eigenvalue weighted by molar-refractivity contribution is -0.142. The van der Waals surface area contributed by atoms with Gasteiger partial charge in [-0.25, -0.2) is 4.79 Å². The van der Waals surface area contributed by atoms with Crippen LogP contribution in [0.3, 0.4) is 0 Å². The monoisotopic (exact) mass is 544 g/mol. The van der Waals surface area contributed by atoms with Crippen molar-refractivity contribution < 1.29 is 24.3 Å². The molecule has 0 aliphatic carbocycles. The van der Waals surface area contributed by atoms with Crippen LogP contribution in [0.1, 0.15) is 58.9 Å². The van der Waals surface area contributed by atoms with Crippen LogP contribution in [-0.4, -0.2) is 64.5 Å². The molecule has 1 heterocycles. The number of aliphatic carboxylic acids is 1. The summed E-state index contributed by atoms with van der Waals surface area (Å²) in [6.07, 6.45) is 3.65. The first kappa shape index (κ1) is 31.8. The lowest BCUT2D eigenvalue weighted by Gasteiger charge is -2.26. The van der Waals surface area contributed by atoms with E-state index in [0.717, 1.165) is 16.5 Å². The normalized spacial score (nSPS) is 14.6. The third-order valence-corrected chi connectivity index (χ3v) is 6.65. The van der Waals surface area contributed by atoms with Crippen molar-refractivity contribution in [2.24, 2.45) is 23.3 Å². The number of nitrogens with two attached hydrogens (primary N) is 2. The lowest BCUT2D eigenvalue weighted by atomic mass is 9.99. The molecule has 0 saturated heterocycles. The van der Waals surface area contributed by atoms with E-state index < -0.39 is 47.9 Å². The van der Waals surface area contributed by atoms with Crippen LogP contribution in [0.15, 0.2) is 30.5 Å². The van der Waals surface area contributed by atoms with Crippen LogP contribution in [0.5, 0.6) is 0 Å². The summed E-state index contributed by atoms with van der Waals surface area (Å²) < 4.78 is 0. The summed E-state index contributed by atoms with van der Waals surface area (Å²) in [6, 6.07) is 3.70. The highest BCUT2D eigenvalue weighted by molar-refractivity contribution is 5.95. The number of carboxylic acids is 1. The summed E-state index contributed by atoms with van der Waals surface area (Å²) in [7, 11) is 0. The number of aromatic nitrogens is 1. The second-order valence-electron chi connectivity index (χ2n) is 10.8. The molecule has 11 heteroatoms. The second-order valence-corrected chi connectivity index (χ2v) is 10.8. The van der Waals surface area contributed by atoms with Crippen molar-refractivity contribution in [3.05, 3.63) is 36.0 Å². The molecule has 216 valence electrons. The number of benzene rings is 1. The Morgan fingerprint density at radius 2 is 1.51 bits per heavy atom. The van der Waals surface area contributed by atoms with Gasteiger partial charge in [0.2, 0.25) is 17.7 Å². The van der Waals surface area contributed by atoms with Crippen molar-refractivity contribution >= 4 is 34.6 Å². The van der Waals surface area contributed by atoms with Gasteiger partial charge in [0.1, 0.15) is 18.1 Å². The predicted molar refractivity (Wildman–Crippen MR) is 151 cm³/mol. The zero-order valence-electron chi connectivity index (χ0n) is 23.3. The van der Waals surface area contributed by atoms with Crippen LogP contribution < -0.4 is 27.4 Å². The fourth-order valence-corrected chi connectivity index (χ4v) is 4.30. The standard InChI is InChI=1S/C28H44N6O5/c1-16(2)13-22(25(35)32-21(28(38)39)11-7-8-12-29)33-26(36)23(34-27(37)24(30)17(3)4)14-18-15-31-20-10-6-5-9-19(18)20/h5-6,9-10,15-17,21-24,31H,7-8,11-14,29-30H2,1-4H3,(H,32,35)(H,33,36)(H,34,37)(H,38,39). The van der Waals surface area contributed by atoms with Crippen molar-refractivity contribution in [1.82, 2.24) is 20.9 Å². The van der Waals surface area contributed by atoms with E-state index >= 15 is 0 Å². The number of unbranched alkanes of at least 4 members (excludes halogenated alkanes) is 1. The first-order chi connectivity index (χ1) is 18.4. The number of aromatic amines is 1. The molecule has 0 spiro atoms. The summed E-state index contributed by atoms with van der Waals surface area (Å²) in [5, 5.41) is 18.6. The molecule has 0 radical (unpaired) electrons. The summed E-state index contributed by atoms with van der Waals surface area (Å²) >= 11 is 0. The number of amides is 3. The Kier molecular flexibility index (Phi) is 12.4. The molecule has 0 bridgehead atoms. The Morgan fingerprint density at radius 3 is 2.13 bits per heavy atom. The number of para-hydroxylation sites is 1. The number of nitrogens with one attached hydrogen (secondary N) is 4. The third kappa shape index (κ3) is 9.67. The van der Waals surface area contributed by atoms with Crippen molar-refractivity contribution in [2.75, 3.05) is 6.54 Å². The van der Waals surface area contributed by atoms with Gasteiger partial charge in [-0.15, -0.1) is 0 Å². The van der Waals surface area contributed by atoms with Gasteiger partial charge >= 0.3 is 5.97 Å². The molecule has 2 aromatic rings. The largest absolute Gasteiger partial charge is 0.480 e. The minimum absolute atomic E-state index is 0.0255. The van der Waals surface area contributed by atoms with Crippen molar-refractivity contribution in [1.29, 1.82) is 0 Å². The number of hydrogen-bond donors (Lipinski definition) is 7. The molecule has 1 aromatic carbocycles. The van der Waals surface area contributed by atoms with Gasteiger partial charge in [0, 0.05) is 23.5 Å². The first-order valence-electron chi connectivity index (χ1n) is 13.6. The van der Waals surface area contributed by atoms with E-state index in [4.69, 9.17) is 11.5 Å². The van der Waals surface area contributed by atoms with Gasteiger partial charge in [-0.1, -0.05) is 45.9 Å². The summed E-state index contributed by atoms with van der Waals surface area (Å²) in [6.45, 7) is 7.85. The number of carbonyl (C=O) groups excluding carboxylic acids is 3. The van der Waals surface area contributed by atoms with Crippen LogP contribution >= 0.6 is 0 Å². The van der Waals surface area contributed by atoms with Gasteiger partial charge < -0.3 is 37.5 Å². The Bertz CT molecular complexity index is 1110. The Morgan fingerprint density at radius 1 is 0.897 bits per heavy atom. The van der Waals surface area contributed by atoms with Crippen LogP contribution in [-0.2, 0) is 25.6 Å². The number of hydrogen-bond acceptors (Lipinski definition) is 6. The van der Waals surface area contributed by atoms with Gasteiger partial charge in [0.25, 0.3) is 0 Å². The topological polar surface area (TPSA) is 192 Å². The number of H-pyrrole nitrogens is 1. The highest BCUT2D eigenvalue weighted by Gasteiger charge is 2.31. The van der Waals surface area contributed by atoms with Crippen LogP contribution in [0.25, 0.3) is 10.9 Å². The van der Waals surface area contributed by atoms with Gasteiger partial charge in [0.05, 0.1) is 6.04 Å². The van der Waals surface area contributed by atoms with Crippen molar-refractivity contribution in [2.45, 2.75) is 84.0 Å². The molecule has 0 fully saturated rings. The minimum Gasteiger partial charge on any atom is -0.480 e. The summed E-state index contributed by atoms with van der Waals surface area (Å²) in [4.78, 5) is 54.5. The maximum atomic E-state index is 13.6. The maximum absolute atomic E-state index is 13.6. The first-order valence-corrected chi connectivity index (χ1v) is 13.6. The molecule has 39 heavy (non-hydrogen) atoms. The van der Waals surface area contributed by atoms with E-state index in [1.54, 1.807) is 6.20 Å². The summed E-state index contributed by atoms with van der Waals surface area (Å²) in [5.74, 6) is -2.89. The number of fused-ring (bicyclic) bond motifs is 1. The Balaban J connectivity index is 2.27. The van der Waals surface area contributed by atoms with Gasteiger partial charge in [0.15, 0.2) is 0 Å². The zero-order chi connectivity index (χ0) is 29.1. The minimum atomic E-state index is -1.15. The van der Waals surface area contributed by atoms with Crippen molar-refractivity contribution in [3.8, 4) is 0 Å². The third-order valence-electron chi connectivity index (χ3n) is 6.65. The van der Waals surface area contributed by atoms with E-state index in [1.165, 1.54) is 0 Å². The molecule has 11 nitrogen and oxygen atoms in total. The molecule has 9 N–H and O–H groups in total. The van der Waals surface area contributed by atoms with E-state index in [9.17, 15) is 24.3 Å². The molecule has 0 saturated carbocycles. The molecule has 2 rings (SSSR count). The fourth-order valence-electron chi connectivity index (χ4n) is 4.30. The maximum Gasteiger partial charge on any atom is 0.326 e. The molecule has 0 aliphatic heterocycles. The quantitative estimate of drug-likeness (QED) is 0.155. The average Bonchev–Trinajstić information content (AvgIpc) is 3.29. The molecular weight excluding hydrogens is 500 g/mol. The zero-order valence-corrected chi connectivity index (χ0v) is 23.3. The van der Waals surface area contributed by atoms with E-state index in [-0.39, 0.29) is 31.1 Å². The van der Waals surface area contributed by atoms with Gasteiger partial charge in [-0.05, 0) is 55.7 Å². The van der Waals surface area contributed by atoms with Gasteiger partial charge in [-0.2, -0.15) is 0 Å². The fraction of sp³-hybridized carbons (Fsp3) is 0.571. The molecular formula is C28H44N6O5. The van der Waals surface area contributed by atoms with Crippen molar-refractivity contribution in [3.63, 3.8) is 0 Å². The average molecular weight is 545 g/mol. The Labute approximate surface area is 229 Å². The van der Waals surface area contributed by atoms with E-state index in [1.807, 2.05) is 52.0 Å². The van der Waals surface area contributed by atoms with E-state index in [2.05, 4.69) is 20.9 Å². The van der Waals surface area contributed by atoms with Crippen LogP contribution in [0, 0.1) is 11.8 Å². The van der Waals surface area contributed by atoms with Crippen LogP contribution in [0.4, 0.5) is 0 Å². The van der Waals surface area contributed by atoms with Crippen LogP contribution in [0.2, 0.25) is 0 Å². The molecule has 1 aromatic heterocycles. The molecule has 0 aliphatic rings. The SMILES string of the molecule is CC(C)CC(NC(=O)C(Cc1c[nH]c2ccccc12)NC(=O)C(N)C(C)C)C(=O)NC(CCCCN)C(=O)O.